The first-order valence-corrected chi connectivity index (χ1v) is 10.5. The monoisotopic (exact) mass is 370 g/mol. The maximum absolute atomic E-state index is 13.0. The van der Waals surface area contributed by atoms with Crippen LogP contribution in [0.5, 0.6) is 5.75 Å². The fourth-order valence-electron chi connectivity index (χ4n) is 4.27. The van der Waals surface area contributed by atoms with Gasteiger partial charge in [-0.2, -0.15) is 0 Å². The molecule has 1 N–H and O–H groups in total. The number of nitrogens with zero attached hydrogens (tertiary/aromatic N) is 1. The Kier molecular flexibility index (Phi) is 5.65. The van der Waals surface area contributed by atoms with E-state index < -0.39 is 0 Å². The van der Waals surface area contributed by atoms with E-state index in [0.717, 1.165) is 69.3 Å². The second-order valence-electron chi connectivity index (χ2n) is 8.30. The molecular formula is C22H30N2O3. The van der Waals surface area contributed by atoms with Gasteiger partial charge in [0.2, 0.25) is 11.8 Å². The average molecular weight is 370 g/mol. The van der Waals surface area contributed by atoms with Crippen LogP contribution in [-0.4, -0.2) is 42.5 Å². The van der Waals surface area contributed by atoms with E-state index in [2.05, 4.69) is 11.4 Å². The van der Waals surface area contributed by atoms with E-state index in [0.29, 0.717) is 25.0 Å². The average Bonchev–Trinajstić information content (AvgIpc) is 3.52. The number of hydrogen-bond acceptors (Lipinski definition) is 3. The zero-order valence-corrected chi connectivity index (χ0v) is 16.0. The Morgan fingerprint density at radius 1 is 1.07 bits per heavy atom. The third-order valence-corrected chi connectivity index (χ3v) is 6.16. The normalized spacial score (nSPS) is 23.1. The Morgan fingerprint density at radius 3 is 2.63 bits per heavy atom. The molecule has 5 heteroatoms. The number of fused-ring (bicyclic) bond motifs is 1. The molecule has 1 aliphatic carbocycles. The third kappa shape index (κ3) is 4.82. The van der Waals surface area contributed by atoms with Gasteiger partial charge >= 0.3 is 0 Å². The molecule has 27 heavy (non-hydrogen) atoms. The summed E-state index contributed by atoms with van der Waals surface area (Å²) in [7, 11) is 0. The van der Waals surface area contributed by atoms with E-state index in [1.165, 1.54) is 0 Å². The van der Waals surface area contributed by atoms with Crippen molar-refractivity contribution in [3.8, 4) is 5.75 Å². The van der Waals surface area contributed by atoms with Gasteiger partial charge in [0.15, 0.2) is 0 Å². The number of amides is 2. The minimum atomic E-state index is 0.0227. The molecular weight excluding hydrogens is 340 g/mol. The lowest BCUT2D eigenvalue weighted by molar-refractivity contribution is -0.137. The highest BCUT2D eigenvalue weighted by atomic mass is 16.5. The number of piperidine rings is 1. The predicted molar refractivity (Wildman–Crippen MR) is 103 cm³/mol. The molecule has 1 saturated heterocycles. The Labute approximate surface area is 161 Å². The molecule has 1 aromatic carbocycles. The van der Waals surface area contributed by atoms with Crippen molar-refractivity contribution >= 4 is 11.8 Å². The Balaban J connectivity index is 1.24. The van der Waals surface area contributed by atoms with Crippen LogP contribution < -0.4 is 10.1 Å². The molecule has 4 rings (SSSR count). The van der Waals surface area contributed by atoms with Crippen LogP contribution >= 0.6 is 0 Å². The topological polar surface area (TPSA) is 58.6 Å². The van der Waals surface area contributed by atoms with Gasteiger partial charge in [-0.05, 0) is 62.5 Å². The Morgan fingerprint density at radius 2 is 1.85 bits per heavy atom. The summed E-state index contributed by atoms with van der Waals surface area (Å²) >= 11 is 0. The quantitative estimate of drug-likeness (QED) is 0.867. The van der Waals surface area contributed by atoms with E-state index in [9.17, 15) is 9.59 Å². The van der Waals surface area contributed by atoms with Crippen LogP contribution in [0.15, 0.2) is 24.3 Å². The van der Waals surface area contributed by atoms with Gasteiger partial charge in [0.05, 0.1) is 6.61 Å². The van der Waals surface area contributed by atoms with Crippen molar-refractivity contribution in [1.82, 2.24) is 10.2 Å². The van der Waals surface area contributed by atoms with Crippen LogP contribution in [0.4, 0.5) is 0 Å². The van der Waals surface area contributed by atoms with Crippen molar-refractivity contribution in [1.29, 1.82) is 0 Å². The van der Waals surface area contributed by atoms with Crippen LogP contribution in [-0.2, 0) is 16.0 Å². The van der Waals surface area contributed by atoms with Crippen LogP contribution in [0.1, 0.15) is 50.5 Å². The summed E-state index contributed by atoms with van der Waals surface area (Å²) in [6, 6.07) is 8.51. The highest BCUT2D eigenvalue weighted by Gasteiger charge is 2.30. The van der Waals surface area contributed by atoms with E-state index >= 15 is 0 Å². The fourth-order valence-corrected chi connectivity index (χ4v) is 4.27. The van der Waals surface area contributed by atoms with Crippen LogP contribution in [0, 0.1) is 11.8 Å². The van der Waals surface area contributed by atoms with E-state index in [4.69, 9.17) is 4.74 Å². The standard InChI is InChI=1S/C22H30N2O3/c25-21(23-19-6-7-19)8-5-16-9-12-24(13-10-16)22(26)18-11-14-27-20-4-2-1-3-17(20)15-18/h1-4,16,18-19H,5-15H2,(H,23,25)/t18-/m0/s1. The molecule has 0 spiro atoms. The number of para-hydroxylation sites is 1. The summed E-state index contributed by atoms with van der Waals surface area (Å²) in [5.41, 5.74) is 1.14. The van der Waals surface area contributed by atoms with Gasteiger partial charge in [0.1, 0.15) is 5.75 Å². The number of carbonyl (C=O) groups is 2. The first-order chi connectivity index (χ1) is 13.2. The predicted octanol–water partition coefficient (Wildman–Crippen LogP) is 2.93. The smallest absolute Gasteiger partial charge is 0.226 e. The molecule has 1 aromatic rings. The third-order valence-electron chi connectivity index (χ3n) is 6.16. The summed E-state index contributed by atoms with van der Waals surface area (Å²) in [5.74, 6) is 2.00. The van der Waals surface area contributed by atoms with Gasteiger partial charge in [-0.1, -0.05) is 18.2 Å². The number of benzene rings is 1. The molecule has 2 aliphatic heterocycles. The zero-order chi connectivity index (χ0) is 18.6. The van der Waals surface area contributed by atoms with Crippen LogP contribution in [0.2, 0.25) is 0 Å². The highest BCUT2D eigenvalue weighted by Crippen LogP contribution is 2.29. The second-order valence-corrected chi connectivity index (χ2v) is 8.30. The van der Waals surface area contributed by atoms with Gasteiger partial charge < -0.3 is 15.0 Å². The number of carbonyl (C=O) groups excluding carboxylic acids is 2. The zero-order valence-electron chi connectivity index (χ0n) is 16.0. The first kappa shape index (κ1) is 18.3. The maximum atomic E-state index is 13.0. The van der Waals surface area contributed by atoms with Crippen LogP contribution in [0.25, 0.3) is 0 Å². The molecule has 146 valence electrons. The summed E-state index contributed by atoms with van der Waals surface area (Å²) in [6.45, 7) is 2.26. The number of nitrogens with one attached hydrogen (secondary N) is 1. The van der Waals surface area contributed by atoms with Gasteiger partial charge in [-0.3, -0.25) is 9.59 Å². The van der Waals surface area contributed by atoms with Crippen molar-refractivity contribution in [3.63, 3.8) is 0 Å². The minimum Gasteiger partial charge on any atom is -0.493 e. The molecule has 0 unspecified atom stereocenters. The Hall–Kier alpha value is -2.04. The molecule has 2 amide bonds. The maximum Gasteiger partial charge on any atom is 0.226 e. The van der Waals surface area contributed by atoms with Crippen molar-refractivity contribution in [2.24, 2.45) is 11.8 Å². The molecule has 2 fully saturated rings. The molecule has 1 atom stereocenters. The molecule has 2 heterocycles. The molecule has 0 radical (unpaired) electrons. The minimum absolute atomic E-state index is 0.0227. The largest absolute Gasteiger partial charge is 0.493 e. The lowest BCUT2D eigenvalue weighted by Gasteiger charge is -2.34. The summed E-state index contributed by atoms with van der Waals surface area (Å²) in [5, 5.41) is 3.06. The van der Waals surface area contributed by atoms with E-state index in [1.54, 1.807) is 0 Å². The van der Waals surface area contributed by atoms with E-state index in [1.807, 2.05) is 23.1 Å². The van der Waals surface area contributed by atoms with Crippen molar-refractivity contribution in [2.45, 2.75) is 57.4 Å². The number of ether oxygens (including phenoxy) is 1. The lowest BCUT2D eigenvalue weighted by Crippen LogP contribution is -2.42. The van der Waals surface area contributed by atoms with Gasteiger partial charge in [-0.15, -0.1) is 0 Å². The first-order valence-electron chi connectivity index (χ1n) is 10.5. The summed E-state index contributed by atoms with van der Waals surface area (Å²) < 4.78 is 5.81. The summed E-state index contributed by atoms with van der Waals surface area (Å²) in [4.78, 5) is 26.9. The lowest BCUT2D eigenvalue weighted by atomic mass is 9.90. The molecule has 1 saturated carbocycles. The summed E-state index contributed by atoms with van der Waals surface area (Å²) in [6.07, 6.45) is 7.46. The van der Waals surface area contributed by atoms with Crippen molar-refractivity contribution in [3.05, 3.63) is 29.8 Å². The van der Waals surface area contributed by atoms with Gasteiger partial charge in [-0.25, -0.2) is 0 Å². The number of rotatable bonds is 5. The van der Waals surface area contributed by atoms with Gasteiger partial charge in [0.25, 0.3) is 0 Å². The molecule has 3 aliphatic rings. The van der Waals surface area contributed by atoms with E-state index in [-0.39, 0.29) is 17.7 Å². The molecule has 0 aromatic heterocycles. The van der Waals surface area contributed by atoms with Gasteiger partial charge in [0, 0.05) is 31.5 Å². The van der Waals surface area contributed by atoms with Crippen LogP contribution in [0.3, 0.4) is 0 Å². The fraction of sp³-hybridized carbons (Fsp3) is 0.636. The van der Waals surface area contributed by atoms with Crippen molar-refractivity contribution in [2.75, 3.05) is 19.7 Å². The molecule has 5 nitrogen and oxygen atoms in total. The second kappa shape index (κ2) is 8.32. The number of likely N-dealkylation sites (tertiary alicyclic amines) is 1. The Bertz CT molecular complexity index is 678. The van der Waals surface area contributed by atoms with Crippen molar-refractivity contribution < 1.29 is 14.3 Å². The SMILES string of the molecule is O=C(CCC1CCN(C(=O)[C@H]2CCOc3ccccc3C2)CC1)NC1CC1. The molecule has 0 bridgehead atoms. The highest BCUT2D eigenvalue weighted by molar-refractivity contribution is 5.79. The number of hydrogen-bond donors (Lipinski definition) is 1.